The third kappa shape index (κ3) is 5.69. The van der Waals surface area contributed by atoms with E-state index < -0.39 is 21.5 Å². The molecule has 21 heavy (non-hydrogen) atoms. The van der Waals surface area contributed by atoms with Crippen molar-refractivity contribution in [1.82, 2.24) is 4.72 Å². The summed E-state index contributed by atoms with van der Waals surface area (Å²) >= 11 is 0. The Bertz CT molecular complexity index is 616. The van der Waals surface area contributed by atoms with Gasteiger partial charge in [-0.25, -0.2) is 17.9 Å². The van der Waals surface area contributed by atoms with Gasteiger partial charge < -0.3 is 5.11 Å². The summed E-state index contributed by atoms with van der Waals surface area (Å²) in [5.74, 6) is -1.05. The zero-order valence-corrected chi connectivity index (χ0v) is 13.3. The summed E-state index contributed by atoms with van der Waals surface area (Å²) in [6.07, 6.45) is 4.04. The predicted molar refractivity (Wildman–Crippen MR) is 82.4 cm³/mol. The molecule has 6 heteroatoms. The molecule has 0 aromatic heterocycles. The van der Waals surface area contributed by atoms with Gasteiger partial charge in [-0.1, -0.05) is 25.5 Å². The van der Waals surface area contributed by atoms with Crippen molar-refractivity contribution in [2.24, 2.45) is 0 Å². The fraction of sp³-hybridized carbons (Fsp3) is 0.400. The van der Waals surface area contributed by atoms with Gasteiger partial charge in [0.25, 0.3) is 0 Å². The van der Waals surface area contributed by atoms with Crippen molar-refractivity contribution in [3.05, 3.63) is 35.9 Å². The van der Waals surface area contributed by atoms with E-state index in [1.54, 1.807) is 12.1 Å². The van der Waals surface area contributed by atoms with Crippen molar-refractivity contribution in [2.45, 2.75) is 44.0 Å². The molecule has 0 radical (unpaired) electrons. The smallest absolute Gasteiger partial charge is 0.328 e. The van der Waals surface area contributed by atoms with Gasteiger partial charge in [0.1, 0.15) is 0 Å². The molecule has 2 N–H and O–H groups in total. The molecule has 0 heterocycles. The van der Waals surface area contributed by atoms with Crippen molar-refractivity contribution >= 4 is 22.1 Å². The minimum Gasteiger partial charge on any atom is -0.478 e. The zero-order valence-electron chi connectivity index (χ0n) is 12.5. The topological polar surface area (TPSA) is 83.5 Å². The van der Waals surface area contributed by atoms with Gasteiger partial charge in [-0.05, 0) is 44.0 Å². The molecular formula is C15H21NO4S. The molecule has 0 fully saturated rings. The summed E-state index contributed by atoms with van der Waals surface area (Å²) in [5, 5.41) is 8.54. The molecule has 0 spiro atoms. The first-order valence-corrected chi connectivity index (χ1v) is 8.20. The lowest BCUT2D eigenvalue weighted by Gasteiger charge is -2.25. The fourth-order valence-corrected chi connectivity index (χ4v) is 3.47. The van der Waals surface area contributed by atoms with Crippen LogP contribution >= 0.6 is 0 Å². The summed E-state index contributed by atoms with van der Waals surface area (Å²) in [6.45, 7) is 5.69. The Labute approximate surface area is 125 Å². The predicted octanol–water partition coefficient (Wildman–Crippen LogP) is 2.64. The molecule has 116 valence electrons. The lowest BCUT2D eigenvalue weighted by molar-refractivity contribution is -0.131. The highest BCUT2D eigenvalue weighted by molar-refractivity contribution is 7.89. The number of carbonyl (C=O) groups is 1. The molecule has 0 bridgehead atoms. The number of nitrogens with one attached hydrogen (secondary N) is 1. The largest absolute Gasteiger partial charge is 0.478 e. The highest BCUT2D eigenvalue weighted by Gasteiger charge is 2.25. The summed E-state index contributed by atoms with van der Waals surface area (Å²) in [7, 11) is -3.58. The van der Waals surface area contributed by atoms with Gasteiger partial charge in [0.05, 0.1) is 4.90 Å². The Morgan fingerprint density at radius 2 is 1.86 bits per heavy atom. The van der Waals surface area contributed by atoms with E-state index in [4.69, 9.17) is 5.11 Å². The highest BCUT2D eigenvalue weighted by atomic mass is 32.2. The van der Waals surface area contributed by atoms with Gasteiger partial charge in [-0.15, -0.1) is 0 Å². The molecule has 0 unspecified atom stereocenters. The minimum absolute atomic E-state index is 0.166. The van der Waals surface area contributed by atoms with Gasteiger partial charge in [0.15, 0.2) is 0 Å². The fourth-order valence-electron chi connectivity index (χ4n) is 2.02. The standard InChI is InChI=1S/C15H21NO4S/c1-4-11-15(2,3)16-21(19,20)13-8-5-12(6-9-13)7-10-14(17)18/h5-10,16H,4,11H2,1-3H3,(H,17,18)/b10-7+. The van der Waals surface area contributed by atoms with Gasteiger partial charge in [-0.2, -0.15) is 0 Å². The van der Waals surface area contributed by atoms with Crippen LogP contribution < -0.4 is 4.72 Å². The number of carboxylic acid groups (broad SMARTS) is 1. The molecular weight excluding hydrogens is 290 g/mol. The normalized spacial score (nSPS) is 12.7. The number of benzene rings is 1. The monoisotopic (exact) mass is 311 g/mol. The van der Waals surface area contributed by atoms with Crippen LogP contribution in [0.1, 0.15) is 39.2 Å². The van der Waals surface area contributed by atoms with E-state index in [0.29, 0.717) is 5.56 Å². The van der Waals surface area contributed by atoms with E-state index in [1.165, 1.54) is 18.2 Å². The maximum absolute atomic E-state index is 12.3. The van der Waals surface area contributed by atoms with Crippen molar-refractivity contribution < 1.29 is 18.3 Å². The highest BCUT2D eigenvalue weighted by Crippen LogP contribution is 2.17. The van der Waals surface area contributed by atoms with E-state index >= 15 is 0 Å². The number of hydrogen-bond acceptors (Lipinski definition) is 3. The minimum atomic E-state index is -3.58. The van der Waals surface area contributed by atoms with Crippen LogP contribution in [0.25, 0.3) is 6.08 Å². The van der Waals surface area contributed by atoms with Crippen LogP contribution in [0.4, 0.5) is 0 Å². The average molecular weight is 311 g/mol. The number of carboxylic acids is 1. The Hall–Kier alpha value is -1.66. The number of aliphatic carboxylic acids is 1. The van der Waals surface area contributed by atoms with E-state index in [2.05, 4.69) is 4.72 Å². The molecule has 1 aromatic rings. The Kier molecular flexibility index (Phi) is 5.69. The first-order valence-electron chi connectivity index (χ1n) is 6.71. The number of hydrogen-bond donors (Lipinski definition) is 2. The molecule has 0 atom stereocenters. The maximum atomic E-state index is 12.3. The van der Waals surface area contributed by atoms with Crippen LogP contribution in [0, 0.1) is 0 Å². The van der Waals surface area contributed by atoms with Crippen LogP contribution in [-0.4, -0.2) is 25.0 Å². The lowest BCUT2D eigenvalue weighted by Crippen LogP contribution is -2.43. The Morgan fingerprint density at radius 3 is 2.33 bits per heavy atom. The van der Waals surface area contributed by atoms with Crippen molar-refractivity contribution in [3.8, 4) is 0 Å². The second-order valence-electron chi connectivity index (χ2n) is 5.48. The van der Waals surface area contributed by atoms with Gasteiger partial charge in [-0.3, -0.25) is 0 Å². The molecule has 5 nitrogen and oxygen atoms in total. The average Bonchev–Trinajstić information content (AvgIpc) is 2.35. The summed E-state index contributed by atoms with van der Waals surface area (Å²) < 4.78 is 27.2. The quantitative estimate of drug-likeness (QED) is 0.758. The Balaban J connectivity index is 2.92. The molecule has 1 rings (SSSR count). The van der Waals surface area contributed by atoms with Crippen LogP contribution in [-0.2, 0) is 14.8 Å². The molecule has 0 saturated carbocycles. The lowest BCUT2D eigenvalue weighted by atomic mass is 10.0. The third-order valence-corrected chi connectivity index (χ3v) is 4.61. The second kappa shape index (κ2) is 6.87. The van der Waals surface area contributed by atoms with Crippen LogP contribution in [0.2, 0.25) is 0 Å². The molecule has 0 aliphatic rings. The summed E-state index contributed by atoms with van der Waals surface area (Å²) in [5.41, 5.74) is 0.124. The molecule has 1 aromatic carbocycles. The van der Waals surface area contributed by atoms with Gasteiger partial charge >= 0.3 is 5.97 Å². The third-order valence-electron chi connectivity index (χ3n) is 2.89. The maximum Gasteiger partial charge on any atom is 0.328 e. The van der Waals surface area contributed by atoms with E-state index in [-0.39, 0.29) is 4.90 Å². The zero-order chi connectivity index (χ0) is 16.1. The summed E-state index contributed by atoms with van der Waals surface area (Å²) in [4.78, 5) is 10.6. The van der Waals surface area contributed by atoms with Crippen LogP contribution in [0.3, 0.4) is 0 Å². The van der Waals surface area contributed by atoms with E-state index in [0.717, 1.165) is 18.9 Å². The summed E-state index contributed by atoms with van der Waals surface area (Å²) in [6, 6.07) is 6.07. The number of sulfonamides is 1. The van der Waals surface area contributed by atoms with Crippen molar-refractivity contribution in [2.75, 3.05) is 0 Å². The second-order valence-corrected chi connectivity index (χ2v) is 7.16. The van der Waals surface area contributed by atoms with E-state index in [9.17, 15) is 13.2 Å². The van der Waals surface area contributed by atoms with Gasteiger partial charge in [0.2, 0.25) is 10.0 Å². The van der Waals surface area contributed by atoms with Crippen molar-refractivity contribution in [1.29, 1.82) is 0 Å². The number of rotatable bonds is 7. The molecule has 0 saturated heterocycles. The first kappa shape index (κ1) is 17.4. The molecule has 0 aliphatic carbocycles. The Morgan fingerprint density at radius 1 is 1.29 bits per heavy atom. The first-order chi connectivity index (χ1) is 9.66. The van der Waals surface area contributed by atoms with Crippen LogP contribution in [0.15, 0.2) is 35.2 Å². The molecule has 0 aliphatic heterocycles. The van der Waals surface area contributed by atoms with E-state index in [1.807, 2.05) is 20.8 Å². The molecule has 0 amide bonds. The van der Waals surface area contributed by atoms with Crippen LogP contribution in [0.5, 0.6) is 0 Å². The van der Waals surface area contributed by atoms with Gasteiger partial charge in [0, 0.05) is 11.6 Å². The SMILES string of the molecule is CCCC(C)(C)NS(=O)(=O)c1ccc(/C=C/C(=O)O)cc1. The van der Waals surface area contributed by atoms with Crippen molar-refractivity contribution in [3.63, 3.8) is 0 Å².